The van der Waals surface area contributed by atoms with Crippen molar-refractivity contribution < 1.29 is 0 Å². The van der Waals surface area contributed by atoms with Crippen molar-refractivity contribution >= 4 is 70.4 Å². The molecule has 0 bridgehead atoms. The van der Waals surface area contributed by atoms with Gasteiger partial charge in [0.2, 0.25) is 0 Å². The van der Waals surface area contributed by atoms with E-state index < -0.39 is 0 Å². The van der Waals surface area contributed by atoms with Gasteiger partial charge in [0, 0.05) is 54.2 Å². The van der Waals surface area contributed by atoms with Crippen LogP contribution in [0.3, 0.4) is 0 Å². The van der Waals surface area contributed by atoms with E-state index in [1.54, 1.807) is 0 Å². The Balaban J connectivity index is 1.32. The zero-order chi connectivity index (χ0) is 29.1. The lowest BCUT2D eigenvalue weighted by molar-refractivity contribution is 0.423. The van der Waals surface area contributed by atoms with Crippen LogP contribution >= 0.6 is 11.3 Å². The van der Waals surface area contributed by atoms with Gasteiger partial charge < -0.3 is 9.47 Å². The van der Waals surface area contributed by atoms with Crippen LogP contribution in [-0.2, 0) is 5.54 Å². The fourth-order valence-electron chi connectivity index (χ4n) is 6.61. The molecule has 2 aromatic heterocycles. The van der Waals surface area contributed by atoms with Gasteiger partial charge in [-0.25, -0.2) is 0 Å². The number of para-hydroxylation sites is 2. The first-order valence-corrected chi connectivity index (χ1v) is 15.7. The van der Waals surface area contributed by atoms with E-state index in [9.17, 15) is 0 Å². The Morgan fingerprint density at radius 3 is 2.00 bits per heavy atom. The number of hydrogen-bond donors (Lipinski definition) is 0. The Hall–Kier alpha value is -4.86. The number of benzene rings is 6. The van der Waals surface area contributed by atoms with Crippen LogP contribution in [0.25, 0.3) is 53.1 Å². The highest BCUT2D eigenvalue weighted by atomic mass is 32.1. The van der Waals surface area contributed by atoms with Gasteiger partial charge in [-0.3, -0.25) is 0 Å². The fourth-order valence-corrected chi connectivity index (χ4v) is 7.82. The van der Waals surface area contributed by atoms with E-state index in [0.717, 1.165) is 11.4 Å². The van der Waals surface area contributed by atoms with Gasteiger partial charge in [-0.15, -0.1) is 11.3 Å². The van der Waals surface area contributed by atoms with Crippen molar-refractivity contribution in [1.29, 1.82) is 0 Å². The Morgan fingerprint density at radius 2 is 1.16 bits per heavy atom. The van der Waals surface area contributed by atoms with Crippen molar-refractivity contribution in [3.8, 4) is 11.1 Å². The predicted molar refractivity (Wildman–Crippen MR) is 187 cm³/mol. The van der Waals surface area contributed by atoms with E-state index in [1.165, 1.54) is 58.8 Å². The zero-order valence-electron chi connectivity index (χ0n) is 24.6. The van der Waals surface area contributed by atoms with Gasteiger partial charge in [0.1, 0.15) is 0 Å². The molecular formula is C40H32N2S. The largest absolute Gasteiger partial charge is 0.335 e. The summed E-state index contributed by atoms with van der Waals surface area (Å²) in [6, 6.07) is 50.9. The van der Waals surface area contributed by atoms with Crippen molar-refractivity contribution in [3.63, 3.8) is 0 Å². The van der Waals surface area contributed by atoms with Crippen LogP contribution in [0.5, 0.6) is 0 Å². The van der Waals surface area contributed by atoms with E-state index in [-0.39, 0.29) is 5.54 Å². The summed E-state index contributed by atoms with van der Waals surface area (Å²) in [5.74, 6) is 0. The lowest BCUT2D eigenvalue weighted by Gasteiger charge is -2.26. The molecule has 0 saturated carbocycles. The van der Waals surface area contributed by atoms with E-state index in [4.69, 9.17) is 0 Å². The normalized spacial score (nSPS) is 12.1. The Kier molecular flexibility index (Phi) is 5.92. The molecule has 0 amide bonds. The molecule has 0 unspecified atom stereocenters. The fraction of sp³-hybridized carbons (Fsp3) is 0.100. The molecular weight excluding hydrogens is 541 g/mol. The quantitative estimate of drug-likeness (QED) is 0.204. The first kappa shape index (κ1) is 25.8. The average molecular weight is 573 g/mol. The molecule has 2 nitrogen and oxygen atoms in total. The van der Waals surface area contributed by atoms with Crippen LogP contribution in [0.1, 0.15) is 20.8 Å². The zero-order valence-corrected chi connectivity index (χ0v) is 25.4. The molecule has 8 rings (SSSR count). The molecule has 0 aliphatic carbocycles. The summed E-state index contributed by atoms with van der Waals surface area (Å²) in [5, 5.41) is 5.21. The first-order chi connectivity index (χ1) is 21.0. The molecule has 3 heteroatoms. The maximum Gasteiger partial charge on any atom is 0.0640 e. The highest BCUT2D eigenvalue weighted by Crippen LogP contribution is 2.45. The van der Waals surface area contributed by atoms with Gasteiger partial charge in [-0.2, -0.15) is 0 Å². The molecule has 0 N–H and O–H groups in total. The summed E-state index contributed by atoms with van der Waals surface area (Å²) in [5.41, 5.74) is 8.45. The maximum atomic E-state index is 2.47. The molecule has 0 aliphatic heterocycles. The number of fused-ring (bicyclic) bond motifs is 6. The third-order valence-corrected chi connectivity index (χ3v) is 9.63. The van der Waals surface area contributed by atoms with Gasteiger partial charge >= 0.3 is 0 Å². The van der Waals surface area contributed by atoms with Gasteiger partial charge in [0.05, 0.1) is 10.4 Å². The predicted octanol–water partition coefficient (Wildman–Crippen LogP) is 12.1. The van der Waals surface area contributed by atoms with Crippen LogP contribution in [0, 0.1) is 0 Å². The molecule has 6 aromatic carbocycles. The van der Waals surface area contributed by atoms with Gasteiger partial charge in [-0.05, 0) is 86.5 Å². The molecule has 0 aliphatic rings. The highest BCUT2D eigenvalue weighted by molar-refractivity contribution is 7.26. The minimum Gasteiger partial charge on any atom is -0.335 e. The van der Waals surface area contributed by atoms with Gasteiger partial charge in [0.25, 0.3) is 0 Å². The van der Waals surface area contributed by atoms with Crippen LogP contribution in [0.15, 0.2) is 140 Å². The number of anilines is 3. The molecule has 0 spiro atoms. The summed E-state index contributed by atoms with van der Waals surface area (Å²) >= 11 is 1.87. The second kappa shape index (κ2) is 9.86. The lowest BCUT2D eigenvalue weighted by atomic mass is 10.0. The number of rotatable bonds is 4. The molecule has 8 aromatic rings. The van der Waals surface area contributed by atoms with Gasteiger partial charge in [0.15, 0.2) is 0 Å². The third kappa shape index (κ3) is 4.23. The second-order valence-electron chi connectivity index (χ2n) is 12.2. The van der Waals surface area contributed by atoms with E-state index in [1.807, 2.05) is 11.3 Å². The first-order valence-electron chi connectivity index (χ1n) is 14.9. The van der Waals surface area contributed by atoms with Crippen LogP contribution in [0.2, 0.25) is 0 Å². The molecule has 0 atom stereocenters. The Morgan fingerprint density at radius 1 is 0.512 bits per heavy atom. The molecule has 43 heavy (non-hydrogen) atoms. The summed E-state index contributed by atoms with van der Waals surface area (Å²) in [4.78, 5) is 2.41. The number of aromatic nitrogens is 1. The lowest BCUT2D eigenvalue weighted by Crippen LogP contribution is -2.21. The Bertz CT molecular complexity index is 2280. The molecule has 0 fully saturated rings. The van der Waals surface area contributed by atoms with Crippen LogP contribution < -0.4 is 4.90 Å². The number of nitrogens with zero attached hydrogens (tertiary/aromatic N) is 2. The van der Waals surface area contributed by atoms with Crippen molar-refractivity contribution in [3.05, 3.63) is 140 Å². The van der Waals surface area contributed by atoms with Crippen molar-refractivity contribution in [2.45, 2.75) is 26.3 Å². The molecule has 0 saturated heterocycles. The summed E-state index contributed by atoms with van der Waals surface area (Å²) < 4.78 is 5.09. The van der Waals surface area contributed by atoms with Crippen LogP contribution in [-0.4, -0.2) is 4.57 Å². The summed E-state index contributed by atoms with van der Waals surface area (Å²) in [6.07, 6.45) is 0. The van der Waals surface area contributed by atoms with E-state index in [0.29, 0.717) is 0 Å². The maximum absolute atomic E-state index is 2.47. The SMILES string of the molecule is CC(C)(C)n1c2ccccc2c2cc(-c3cccc(N(c4ccccc4)c4cccc5c4sc4ccccc45)c3)ccc21. The van der Waals surface area contributed by atoms with Crippen LogP contribution in [0.4, 0.5) is 17.1 Å². The van der Waals surface area contributed by atoms with Crippen molar-refractivity contribution in [2.75, 3.05) is 4.90 Å². The van der Waals surface area contributed by atoms with Gasteiger partial charge in [-0.1, -0.05) is 84.9 Å². The topological polar surface area (TPSA) is 8.17 Å². The van der Waals surface area contributed by atoms with Crippen molar-refractivity contribution in [2.24, 2.45) is 0 Å². The number of thiophene rings is 1. The minimum atomic E-state index is -0.0212. The highest BCUT2D eigenvalue weighted by Gasteiger charge is 2.21. The van der Waals surface area contributed by atoms with E-state index >= 15 is 0 Å². The smallest absolute Gasteiger partial charge is 0.0640 e. The summed E-state index contributed by atoms with van der Waals surface area (Å²) in [6.45, 7) is 6.85. The summed E-state index contributed by atoms with van der Waals surface area (Å²) in [7, 11) is 0. The third-order valence-electron chi connectivity index (χ3n) is 8.42. The number of hydrogen-bond acceptors (Lipinski definition) is 2. The van der Waals surface area contributed by atoms with Crippen molar-refractivity contribution in [1.82, 2.24) is 4.57 Å². The standard InChI is InChI=1S/C40H32N2S/c1-40(2,3)42-35-20-9-7-17-31(35)34-26-28(23-24-36(34)42)27-13-11-16-30(25-27)41(29-14-5-4-6-15-29)37-21-12-19-33-32-18-8-10-22-38(32)43-39(33)37/h4-26H,1-3H3. The molecule has 0 radical (unpaired) electrons. The Labute approximate surface area is 256 Å². The minimum absolute atomic E-state index is 0.0212. The average Bonchev–Trinajstić information content (AvgIpc) is 3.58. The monoisotopic (exact) mass is 572 g/mol. The second-order valence-corrected chi connectivity index (χ2v) is 13.3. The molecule has 2 heterocycles. The molecule has 208 valence electrons. The van der Waals surface area contributed by atoms with E-state index in [2.05, 4.69) is 170 Å².